The lowest BCUT2D eigenvalue weighted by Gasteiger charge is -2.11. The van der Waals surface area contributed by atoms with Gasteiger partial charge in [-0.15, -0.1) is 10.2 Å². The highest BCUT2D eigenvalue weighted by Gasteiger charge is 2.17. The number of hydrazone groups is 1. The molecule has 0 spiro atoms. The second-order valence-electron chi connectivity index (χ2n) is 8.39. The smallest absolute Gasteiger partial charge is 0.343 e. The van der Waals surface area contributed by atoms with Gasteiger partial charge in [0.15, 0.2) is 0 Å². The summed E-state index contributed by atoms with van der Waals surface area (Å²) in [5.74, 6) is -2.22. The van der Waals surface area contributed by atoms with Gasteiger partial charge in [0.05, 0.1) is 11.8 Å². The highest BCUT2D eigenvalue weighted by Crippen LogP contribution is 2.28. The summed E-state index contributed by atoms with van der Waals surface area (Å²) in [5, 5.41) is 16.7. The molecule has 0 radical (unpaired) electrons. The maximum Gasteiger partial charge on any atom is 0.343 e. The molecular weight excluding hydrogens is 514 g/mol. The van der Waals surface area contributed by atoms with E-state index in [1.807, 2.05) is 73.7 Å². The predicted molar refractivity (Wildman–Crippen MR) is 150 cm³/mol. The number of anilines is 1. The number of aromatic nitrogens is 2. The predicted octanol–water partition coefficient (Wildman–Crippen LogP) is 4.97. The van der Waals surface area contributed by atoms with Crippen LogP contribution in [0.5, 0.6) is 5.75 Å². The number of fused-ring (bicyclic) bond motifs is 1. The molecule has 2 N–H and O–H groups in total. The molecule has 0 aliphatic carbocycles. The lowest BCUT2D eigenvalue weighted by atomic mass is 10.0. The molecule has 39 heavy (non-hydrogen) atoms. The van der Waals surface area contributed by atoms with Gasteiger partial charge in [0.2, 0.25) is 5.13 Å². The molecule has 192 valence electrons. The van der Waals surface area contributed by atoms with Crippen LogP contribution in [-0.4, -0.2) is 34.2 Å². The quantitative estimate of drug-likeness (QED) is 0.104. The van der Waals surface area contributed by atoms with Gasteiger partial charge in [0, 0.05) is 11.1 Å². The number of esters is 1. The van der Waals surface area contributed by atoms with Crippen molar-refractivity contribution in [3.63, 3.8) is 0 Å². The molecule has 0 saturated heterocycles. The number of hydrogen-bond donors (Lipinski definition) is 2. The number of carbonyl (C=O) groups is 3. The maximum absolute atomic E-state index is 12.8. The van der Waals surface area contributed by atoms with E-state index >= 15 is 0 Å². The minimum atomic E-state index is -0.999. The van der Waals surface area contributed by atoms with Gasteiger partial charge in [0.1, 0.15) is 10.8 Å². The summed E-state index contributed by atoms with van der Waals surface area (Å²) in [6.07, 6.45) is 1.34. The van der Waals surface area contributed by atoms with Crippen molar-refractivity contribution in [1.82, 2.24) is 15.6 Å². The van der Waals surface area contributed by atoms with Gasteiger partial charge in [-0.3, -0.25) is 14.9 Å². The van der Waals surface area contributed by atoms with Gasteiger partial charge in [-0.05, 0) is 35.9 Å². The molecule has 4 aromatic carbocycles. The van der Waals surface area contributed by atoms with Gasteiger partial charge in [-0.25, -0.2) is 10.2 Å². The van der Waals surface area contributed by atoms with Crippen molar-refractivity contribution < 1.29 is 19.1 Å². The number of benzene rings is 4. The normalized spacial score (nSPS) is 10.9. The van der Waals surface area contributed by atoms with E-state index in [4.69, 9.17) is 4.74 Å². The molecule has 0 saturated carbocycles. The Morgan fingerprint density at radius 3 is 2.49 bits per heavy atom. The van der Waals surface area contributed by atoms with Crippen molar-refractivity contribution in [3.05, 3.63) is 108 Å². The Labute approximate surface area is 227 Å². The van der Waals surface area contributed by atoms with E-state index in [1.165, 1.54) is 6.21 Å². The van der Waals surface area contributed by atoms with Crippen molar-refractivity contribution in [3.8, 4) is 16.3 Å². The average molecular weight is 536 g/mol. The van der Waals surface area contributed by atoms with E-state index in [0.717, 1.165) is 33.2 Å². The molecule has 5 rings (SSSR count). The highest BCUT2D eigenvalue weighted by atomic mass is 32.1. The number of rotatable bonds is 6. The van der Waals surface area contributed by atoms with Gasteiger partial charge in [-0.1, -0.05) is 89.7 Å². The first-order valence-electron chi connectivity index (χ1n) is 11.8. The third-order valence-corrected chi connectivity index (χ3v) is 6.51. The molecule has 1 heterocycles. The Hall–Kier alpha value is -5.22. The lowest BCUT2D eigenvalue weighted by Crippen LogP contribution is -2.32. The molecule has 5 aromatic rings. The number of nitrogens with zero attached hydrogens (tertiary/aromatic N) is 3. The summed E-state index contributed by atoms with van der Waals surface area (Å²) >= 11 is 1.14. The van der Waals surface area contributed by atoms with Crippen molar-refractivity contribution in [1.29, 1.82) is 0 Å². The molecular formula is C29H21N5O4S. The number of carbonyl (C=O) groups excluding carboxylic acids is 3. The van der Waals surface area contributed by atoms with Crippen molar-refractivity contribution >= 4 is 51.2 Å². The number of nitrogens with one attached hydrogen (secondary N) is 2. The Morgan fingerprint density at radius 2 is 1.67 bits per heavy atom. The molecule has 10 heteroatoms. The van der Waals surface area contributed by atoms with Crippen LogP contribution in [0.3, 0.4) is 0 Å². The van der Waals surface area contributed by atoms with E-state index in [-0.39, 0.29) is 10.9 Å². The maximum atomic E-state index is 12.8. The molecule has 0 fully saturated rings. The molecule has 2 amide bonds. The molecule has 0 aliphatic heterocycles. The summed E-state index contributed by atoms with van der Waals surface area (Å²) in [6.45, 7) is 1.89. The van der Waals surface area contributed by atoms with Crippen LogP contribution in [0.1, 0.15) is 21.5 Å². The fourth-order valence-corrected chi connectivity index (χ4v) is 4.50. The zero-order valence-electron chi connectivity index (χ0n) is 20.6. The van der Waals surface area contributed by atoms with Crippen LogP contribution in [0.15, 0.2) is 96.1 Å². The van der Waals surface area contributed by atoms with Crippen LogP contribution in [-0.2, 0) is 9.59 Å². The van der Waals surface area contributed by atoms with Crippen LogP contribution < -0.4 is 15.5 Å². The van der Waals surface area contributed by atoms with Crippen LogP contribution in [0, 0.1) is 6.92 Å². The minimum Gasteiger partial charge on any atom is -0.422 e. The van der Waals surface area contributed by atoms with Gasteiger partial charge in [0.25, 0.3) is 0 Å². The SMILES string of the molecule is Cc1cccc(C(=O)Oc2ccc3ccccc3c2/C=N\NC(=O)C(=O)Nc2nnc(-c3ccccc3)s2)c1. The molecule has 0 atom stereocenters. The first-order valence-corrected chi connectivity index (χ1v) is 12.6. The Morgan fingerprint density at radius 1 is 0.872 bits per heavy atom. The molecule has 0 bridgehead atoms. The summed E-state index contributed by atoms with van der Waals surface area (Å²) in [4.78, 5) is 37.6. The minimum absolute atomic E-state index is 0.178. The number of hydrogen-bond acceptors (Lipinski definition) is 8. The van der Waals surface area contributed by atoms with Crippen LogP contribution in [0.2, 0.25) is 0 Å². The van der Waals surface area contributed by atoms with Crippen molar-refractivity contribution in [2.75, 3.05) is 5.32 Å². The van der Waals surface area contributed by atoms with Crippen LogP contribution in [0.4, 0.5) is 5.13 Å². The third kappa shape index (κ3) is 6.03. The molecule has 0 aliphatic rings. The largest absolute Gasteiger partial charge is 0.422 e. The van der Waals surface area contributed by atoms with E-state index in [9.17, 15) is 14.4 Å². The van der Waals surface area contributed by atoms with Crippen LogP contribution in [0.25, 0.3) is 21.3 Å². The average Bonchev–Trinajstić information content (AvgIpc) is 3.42. The zero-order valence-corrected chi connectivity index (χ0v) is 21.4. The number of ether oxygens (including phenoxy) is 1. The van der Waals surface area contributed by atoms with E-state index in [0.29, 0.717) is 16.1 Å². The fraction of sp³-hybridized carbons (Fsp3) is 0.0345. The van der Waals surface area contributed by atoms with Crippen LogP contribution >= 0.6 is 11.3 Å². The lowest BCUT2D eigenvalue weighted by molar-refractivity contribution is -0.136. The van der Waals surface area contributed by atoms with E-state index in [1.54, 1.807) is 24.3 Å². The Balaban J connectivity index is 1.30. The fourth-order valence-electron chi connectivity index (χ4n) is 3.76. The summed E-state index contributed by atoms with van der Waals surface area (Å²) in [6, 6.07) is 27.4. The molecule has 9 nitrogen and oxygen atoms in total. The number of aryl methyl sites for hydroxylation is 1. The van der Waals surface area contributed by atoms with Gasteiger partial charge < -0.3 is 4.74 Å². The van der Waals surface area contributed by atoms with Gasteiger partial charge in [-0.2, -0.15) is 5.10 Å². The summed E-state index contributed by atoms with van der Waals surface area (Å²) in [5.41, 5.74) is 4.85. The highest BCUT2D eigenvalue weighted by molar-refractivity contribution is 7.18. The first-order chi connectivity index (χ1) is 19.0. The van der Waals surface area contributed by atoms with Gasteiger partial charge >= 0.3 is 17.8 Å². The van der Waals surface area contributed by atoms with E-state index < -0.39 is 17.8 Å². The number of amides is 2. The standard InChI is InChI=1S/C29H21N5O4S/c1-18-8-7-12-21(16-18)28(37)38-24-15-14-19-9-5-6-13-22(19)23(24)17-30-32-26(36)25(35)31-29-34-33-27(39-29)20-10-3-2-4-11-20/h2-17H,1H3,(H,32,36)(H,31,34,35)/b30-17-. The summed E-state index contributed by atoms with van der Waals surface area (Å²) < 4.78 is 5.68. The molecule has 1 aromatic heterocycles. The topological polar surface area (TPSA) is 123 Å². The monoisotopic (exact) mass is 535 g/mol. The van der Waals surface area contributed by atoms with Crippen molar-refractivity contribution in [2.24, 2.45) is 5.10 Å². The Bertz CT molecular complexity index is 1720. The third-order valence-electron chi connectivity index (χ3n) is 5.62. The zero-order chi connectivity index (χ0) is 27.2. The Kier molecular flexibility index (Phi) is 7.46. The van der Waals surface area contributed by atoms with E-state index in [2.05, 4.69) is 26.0 Å². The summed E-state index contributed by atoms with van der Waals surface area (Å²) in [7, 11) is 0. The molecule has 0 unspecified atom stereocenters. The van der Waals surface area contributed by atoms with Crippen molar-refractivity contribution in [2.45, 2.75) is 6.92 Å². The second-order valence-corrected chi connectivity index (χ2v) is 9.37. The second kappa shape index (κ2) is 11.4. The first kappa shape index (κ1) is 25.4.